The smallest absolute Gasteiger partial charge is 0.228 e. The van der Waals surface area contributed by atoms with E-state index in [1.54, 1.807) is 12.3 Å². The number of hydrogen-bond donors (Lipinski definition) is 1. The van der Waals surface area contributed by atoms with Crippen molar-refractivity contribution in [2.45, 2.75) is 19.8 Å². The SMILES string of the molecule is Cc1ccc(NC(=O)C2CCN(S(C)(=O)=O)CC2)nc1. The normalized spacial score (nSPS) is 17.9. The van der Waals surface area contributed by atoms with Gasteiger partial charge in [-0.2, -0.15) is 0 Å². The minimum Gasteiger partial charge on any atom is -0.310 e. The summed E-state index contributed by atoms with van der Waals surface area (Å²) in [5, 5.41) is 2.77. The van der Waals surface area contributed by atoms with Gasteiger partial charge in [-0.05, 0) is 31.4 Å². The molecule has 0 saturated carbocycles. The number of aryl methyl sites for hydroxylation is 1. The molecule has 2 rings (SSSR count). The van der Waals surface area contributed by atoms with Crippen molar-refractivity contribution in [3.63, 3.8) is 0 Å². The molecule has 2 heterocycles. The van der Waals surface area contributed by atoms with E-state index in [2.05, 4.69) is 10.3 Å². The van der Waals surface area contributed by atoms with Crippen LogP contribution in [0.4, 0.5) is 5.82 Å². The molecule has 1 aliphatic heterocycles. The number of amides is 1. The van der Waals surface area contributed by atoms with Crippen molar-refractivity contribution in [3.05, 3.63) is 23.9 Å². The minimum atomic E-state index is -3.15. The van der Waals surface area contributed by atoms with Crippen LogP contribution in [-0.2, 0) is 14.8 Å². The zero-order valence-electron chi connectivity index (χ0n) is 11.7. The van der Waals surface area contributed by atoms with E-state index in [-0.39, 0.29) is 11.8 Å². The number of nitrogens with zero attached hydrogens (tertiary/aromatic N) is 2. The second-order valence-electron chi connectivity index (χ2n) is 5.15. The number of piperidine rings is 1. The van der Waals surface area contributed by atoms with Crippen LogP contribution >= 0.6 is 0 Å². The number of carbonyl (C=O) groups is 1. The van der Waals surface area contributed by atoms with E-state index in [0.717, 1.165) is 5.56 Å². The summed E-state index contributed by atoms with van der Waals surface area (Å²) in [5.41, 5.74) is 1.03. The number of rotatable bonds is 3. The van der Waals surface area contributed by atoms with E-state index in [4.69, 9.17) is 0 Å². The van der Waals surface area contributed by atoms with Gasteiger partial charge < -0.3 is 5.32 Å². The van der Waals surface area contributed by atoms with Gasteiger partial charge in [0.05, 0.1) is 6.26 Å². The standard InChI is InChI=1S/C13H19N3O3S/c1-10-3-4-12(14-9-10)15-13(17)11-5-7-16(8-6-11)20(2,18)19/h3-4,9,11H,5-8H2,1-2H3,(H,14,15,17). The van der Waals surface area contributed by atoms with Crippen LogP contribution < -0.4 is 5.32 Å². The fourth-order valence-electron chi connectivity index (χ4n) is 2.22. The lowest BCUT2D eigenvalue weighted by Crippen LogP contribution is -2.40. The Morgan fingerprint density at radius 1 is 1.35 bits per heavy atom. The van der Waals surface area contributed by atoms with Crippen LogP contribution in [-0.4, -0.2) is 43.0 Å². The molecular weight excluding hydrogens is 278 g/mol. The highest BCUT2D eigenvalue weighted by molar-refractivity contribution is 7.88. The molecule has 0 aliphatic carbocycles. The van der Waals surface area contributed by atoms with Gasteiger partial charge in [0.2, 0.25) is 15.9 Å². The molecule has 1 saturated heterocycles. The fourth-order valence-corrected chi connectivity index (χ4v) is 3.09. The van der Waals surface area contributed by atoms with Crippen LogP contribution in [0.3, 0.4) is 0 Å². The van der Waals surface area contributed by atoms with Crippen molar-refractivity contribution < 1.29 is 13.2 Å². The van der Waals surface area contributed by atoms with Crippen LogP contribution in [0.15, 0.2) is 18.3 Å². The molecule has 0 atom stereocenters. The monoisotopic (exact) mass is 297 g/mol. The molecule has 0 radical (unpaired) electrons. The van der Waals surface area contributed by atoms with Gasteiger partial charge in [-0.15, -0.1) is 0 Å². The Balaban J connectivity index is 1.90. The highest BCUT2D eigenvalue weighted by Gasteiger charge is 2.28. The van der Waals surface area contributed by atoms with Gasteiger partial charge in [-0.3, -0.25) is 4.79 Å². The Bertz CT molecular complexity index is 575. The number of pyridine rings is 1. The quantitative estimate of drug-likeness (QED) is 0.902. The lowest BCUT2D eigenvalue weighted by Gasteiger charge is -2.29. The highest BCUT2D eigenvalue weighted by atomic mass is 32.2. The van der Waals surface area contributed by atoms with Gasteiger partial charge in [-0.1, -0.05) is 6.07 Å². The first-order chi connectivity index (χ1) is 9.36. The first-order valence-electron chi connectivity index (χ1n) is 6.55. The summed E-state index contributed by atoms with van der Waals surface area (Å²) in [6.07, 6.45) is 3.99. The van der Waals surface area contributed by atoms with E-state index < -0.39 is 10.0 Å². The summed E-state index contributed by atoms with van der Waals surface area (Å²) in [6, 6.07) is 3.65. The predicted molar refractivity (Wildman–Crippen MR) is 76.7 cm³/mol. The molecule has 110 valence electrons. The number of nitrogens with one attached hydrogen (secondary N) is 1. The molecular formula is C13H19N3O3S. The summed E-state index contributed by atoms with van der Waals surface area (Å²) in [6.45, 7) is 2.73. The highest BCUT2D eigenvalue weighted by Crippen LogP contribution is 2.20. The molecule has 1 aliphatic rings. The van der Waals surface area contributed by atoms with E-state index in [0.29, 0.717) is 31.7 Å². The maximum absolute atomic E-state index is 12.1. The number of carbonyl (C=O) groups excluding carboxylic acids is 1. The van der Waals surface area contributed by atoms with E-state index in [1.807, 2.05) is 13.0 Å². The molecule has 6 nitrogen and oxygen atoms in total. The first-order valence-corrected chi connectivity index (χ1v) is 8.40. The van der Waals surface area contributed by atoms with E-state index in [9.17, 15) is 13.2 Å². The topological polar surface area (TPSA) is 79.4 Å². The molecule has 1 N–H and O–H groups in total. The molecule has 0 spiro atoms. The Labute approximate surface area is 119 Å². The zero-order chi connectivity index (χ0) is 14.8. The summed E-state index contributed by atoms with van der Waals surface area (Å²) in [4.78, 5) is 16.2. The number of aromatic nitrogens is 1. The third-order valence-corrected chi connectivity index (χ3v) is 4.76. The number of hydrogen-bond acceptors (Lipinski definition) is 4. The Hall–Kier alpha value is -1.47. The van der Waals surface area contributed by atoms with Crippen molar-refractivity contribution in [2.24, 2.45) is 5.92 Å². The lowest BCUT2D eigenvalue weighted by molar-refractivity contribution is -0.120. The van der Waals surface area contributed by atoms with E-state index >= 15 is 0 Å². The molecule has 1 aromatic heterocycles. The molecule has 20 heavy (non-hydrogen) atoms. The molecule has 1 fully saturated rings. The van der Waals surface area contributed by atoms with Crippen molar-refractivity contribution in [1.29, 1.82) is 0 Å². The van der Waals surface area contributed by atoms with Gasteiger partial charge in [0.25, 0.3) is 0 Å². The van der Waals surface area contributed by atoms with Gasteiger partial charge in [0, 0.05) is 25.2 Å². The molecule has 7 heteroatoms. The zero-order valence-corrected chi connectivity index (χ0v) is 12.5. The van der Waals surface area contributed by atoms with Crippen molar-refractivity contribution in [3.8, 4) is 0 Å². The predicted octanol–water partition coefficient (Wildman–Crippen LogP) is 1.00. The Morgan fingerprint density at radius 3 is 2.50 bits per heavy atom. The lowest BCUT2D eigenvalue weighted by atomic mass is 9.97. The maximum atomic E-state index is 12.1. The van der Waals surface area contributed by atoms with Crippen molar-refractivity contribution in [1.82, 2.24) is 9.29 Å². The van der Waals surface area contributed by atoms with Gasteiger partial charge in [0.15, 0.2) is 0 Å². The fraction of sp³-hybridized carbons (Fsp3) is 0.538. The summed E-state index contributed by atoms with van der Waals surface area (Å²) >= 11 is 0. The number of anilines is 1. The first kappa shape index (κ1) is 14.9. The maximum Gasteiger partial charge on any atom is 0.228 e. The van der Waals surface area contributed by atoms with Crippen LogP contribution in [0.25, 0.3) is 0 Å². The Morgan fingerprint density at radius 2 is 2.00 bits per heavy atom. The van der Waals surface area contributed by atoms with E-state index in [1.165, 1.54) is 10.6 Å². The largest absolute Gasteiger partial charge is 0.310 e. The van der Waals surface area contributed by atoms with Crippen LogP contribution in [0.5, 0.6) is 0 Å². The average Bonchev–Trinajstić information content (AvgIpc) is 2.40. The molecule has 1 aromatic rings. The Kier molecular flexibility index (Phi) is 4.39. The van der Waals surface area contributed by atoms with Gasteiger partial charge >= 0.3 is 0 Å². The van der Waals surface area contributed by atoms with Crippen LogP contribution in [0.2, 0.25) is 0 Å². The number of sulfonamides is 1. The van der Waals surface area contributed by atoms with Crippen molar-refractivity contribution in [2.75, 3.05) is 24.7 Å². The van der Waals surface area contributed by atoms with Crippen molar-refractivity contribution >= 4 is 21.7 Å². The average molecular weight is 297 g/mol. The van der Waals surface area contributed by atoms with Crippen LogP contribution in [0, 0.1) is 12.8 Å². The summed E-state index contributed by atoms with van der Waals surface area (Å²) in [7, 11) is -3.15. The molecule has 0 aromatic carbocycles. The third kappa shape index (κ3) is 3.77. The van der Waals surface area contributed by atoms with Gasteiger partial charge in [0.1, 0.15) is 5.82 Å². The second-order valence-corrected chi connectivity index (χ2v) is 7.13. The van der Waals surface area contributed by atoms with Crippen LogP contribution in [0.1, 0.15) is 18.4 Å². The molecule has 0 bridgehead atoms. The molecule has 1 amide bonds. The summed E-state index contributed by atoms with van der Waals surface area (Å²) < 4.78 is 24.2. The minimum absolute atomic E-state index is 0.0884. The van der Waals surface area contributed by atoms with Gasteiger partial charge in [-0.25, -0.2) is 17.7 Å². The third-order valence-electron chi connectivity index (χ3n) is 3.46. The second kappa shape index (κ2) is 5.88. The summed E-state index contributed by atoms with van der Waals surface area (Å²) in [5.74, 6) is 0.289. The molecule has 0 unspecified atom stereocenters.